The van der Waals surface area contributed by atoms with Crippen molar-refractivity contribution in [3.8, 4) is 5.75 Å². The van der Waals surface area contributed by atoms with Gasteiger partial charge in [0.2, 0.25) is 0 Å². The minimum Gasteiger partial charge on any atom is -0.482 e. The number of carboxylic acids is 1. The number of anilines is 1. The molecule has 1 aromatic rings. The van der Waals surface area contributed by atoms with Crippen molar-refractivity contribution < 1.29 is 24.2 Å². The molecule has 0 fully saturated rings. The molecule has 0 aromatic heterocycles. The number of rotatable bonds is 5. The molecule has 106 valence electrons. The molecule has 1 aliphatic rings. The number of carbonyl (C=O) groups excluding carboxylic acids is 2. The van der Waals surface area contributed by atoms with Gasteiger partial charge in [0, 0.05) is 18.4 Å². The first-order chi connectivity index (χ1) is 9.45. The van der Waals surface area contributed by atoms with Gasteiger partial charge in [0.1, 0.15) is 5.75 Å². The van der Waals surface area contributed by atoms with Crippen LogP contribution in [0.4, 0.5) is 5.69 Å². The fraction of sp³-hybridized carbons (Fsp3) is 0.357. The lowest BCUT2D eigenvalue weighted by Gasteiger charge is -2.18. The van der Waals surface area contributed by atoms with Crippen molar-refractivity contribution in [3.63, 3.8) is 0 Å². The molecule has 1 unspecified atom stereocenters. The van der Waals surface area contributed by atoms with Gasteiger partial charge < -0.3 is 15.2 Å². The number of Topliss-reactive ketones (excluding diaryl/α,β-unsaturated/α-hetero) is 1. The number of carbonyl (C=O) groups is 3. The molecule has 0 spiro atoms. The SMILES string of the molecule is CC(CC(=O)O)CC(=O)c1ccc2c(c1)NC(=O)CO2. The van der Waals surface area contributed by atoms with E-state index in [1.54, 1.807) is 25.1 Å². The molecule has 0 aliphatic carbocycles. The Morgan fingerprint density at radius 3 is 2.85 bits per heavy atom. The molecule has 1 aliphatic heterocycles. The van der Waals surface area contributed by atoms with Crippen LogP contribution in [-0.4, -0.2) is 29.4 Å². The predicted octanol–water partition coefficient (Wildman–Crippen LogP) is 1.70. The third-order valence-electron chi connectivity index (χ3n) is 2.99. The third kappa shape index (κ3) is 3.34. The first-order valence-corrected chi connectivity index (χ1v) is 6.27. The van der Waals surface area contributed by atoms with Crippen molar-refractivity contribution in [2.75, 3.05) is 11.9 Å². The van der Waals surface area contributed by atoms with Gasteiger partial charge in [-0.1, -0.05) is 6.92 Å². The summed E-state index contributed by atoms with van der Waals surface area (Å²) in [6.07, 6.45) is 0.108. The monoisotopic (exact) mass is 277 g/mol. The first-order valence-electron chi connectivity index (χ1n) is 6.27. The molecule has 2 N–H and O–H groups in total. The van der Waals surface area contributed by atoms with Crippen LogP contribution in [0.25, 0.3) is 0 Å². The largest absolute Gasteiger partial charge is 0.482 e. The molecule has 6 nitrogen and oxygen atoms in total. The zero-order chi connectivity index (χ0) is 14.7. The highest BCUT2D eigenvalue weighted by molar-refractivity contribution is 6.00. The van der Waals surface area contributed by atoms with Crippen molar-refractivity contribution in [1.82, 2.24) is 0 Å². The van der Waals surface area contributed by atoms with E-state index in [1.165, 1.54) is 0 Å². The van der Waals surface area contributed by atoms with Crippen LogP contribution in [-0.2, 0) is 9.59 Å². The molecule has 0 radical (unpaired) electrons. The van der Waals surface area contributed by atoms with E-state index in [9.17, 15) is 14.4 Å². The fourth-order valence-electron chi connectivity index (χ4n) is 2.06. The number of amides is 1. The Kier molecular flexibility index (Phi) is 4.02. The van der Waals surface area contributed by atoms with Crippen LogP contribution >= 0.6 is 0 Å². The van der Waals surface area contributed by atoms with Crippen LogP contribution in [0.15, 0.2) is 18.2 Å². The Labute approximate surface area is 115 Å². The van der Waals surface area contributed by atoms with Crippen LogP contribution < -0.4 is 10.1 Å². The maximum atomic E-state index is 12.1. The number of hydrogen-bond donors (Lipinski definition) is 2. The zero-order valence-corrected chi connectivity index (χ0v) is 11.0. The smallest absolute Gasteiger partial charge is 0.303 e. The number of ether oxygens (including phenoxy) is 1. The summed E-state index contributed by atoms with van der Waals surface area (Å²) in [5.41, 5.74) is 0.907. The normalized spacial score (nSPS) is 14.8. The Bertz CT molecular complexity index is 567. The summed E-state index contributed by atoms with van der Waals surface area (Å²) in [5.74, 6) is -1.04. The average Bonchev–Trinajstić information content (AvgIpc) is 2.36. The van der Waals surface area contributed by atoms with E-state index in [0.29, 0.717) is 17.0 Å². The molecular weight excluding hydrogens is 262 g/mol. The quantitative estimate of drug-likeness (QED) is 0.799. The molecule has 1 heterocycles. The van der Waals surface area contributed by atoms with E-state index >= 15 is 0 Å². The molecule has 1 aromatic carbocycles. The van der Waals surface area contributed by atoms with Gasteiger partial charge in [-0.25, -0.2) is 0 Å². The Balaban J connectivity index is 2.09. The maximum absolute atomic E-state index is 12.1. The summed E-state index contributed by atoms with van der Waals surface area (Å²) >= 11 is 0. The molecule has 0 saturated carbocycles. The minimum absolute atomic E-state index is 0.0318. The van der Waals surface area contributed by atoms with Crippen LogP contribution in [0.1, 0.15) is 30.1 Å². The van der Waals surface area contributed by atoms with Crippen LogP contribution in [0.3, 0.4) is 0 Å². The van der Waals surface area contributed by atoms with Gasteiger partial charge in [0.25, 0.3) is 5.91 Å². The molecule has 20 heavy (non-hydrogen) atoms. The number of fused-ring (bicyclic) bond motifs is 1. The summed E-state index contributed by atoms with van der Waals surface area (Å²) in [6, 6.07) is 4.80. The maximum Gasteiger partial charge on any atom is 0.303 e. The van der Waals surface area contributed by atoms with Gasteiger partial charge in [-0.15, -0.1) is 0 Å². The lowest BCUT2D eigenvalue weighted by atomic mass is 9.97. The summed E-state index contributed by atoms with van der Waals surface area (Å²) in [6.45, 7) is 1.69. The summed E-state index contributed by atoms with van der Waals surface area (Å²) in [5, 5.41) is 11.3. The van der Waals surface area contributed by atoms with E-state index in [2.05, 4.69) is 5.32 Å². The highest BCUT2D eigenvalue weighted by atomic mass is 16.5. The lowest BCUT2D eigenvalue weighted by molar-refractivity contribution is -0.137. The van der Waals surface area contributed by atoms with Gasteiger partial charge in [0.05, 0.1) is 5.69 Å². The molecular formula is C14H15NO5. The predicted molar refractivity (Wildman–Crippen MR) is 70.9 cm³/mol. The fourth-order valence-corrected chi connectivity index (χ4v) is 2.06. The van der Waals surface area contributed by atoms with E-state index < -0.39 is 5.97 Å². The number of hydrogen-bond acceptors (Lipinski definition) is 4. The lowest BCUT2D eigenvalue weighted by Crippen LogP contribution is -2.25. The summed E-state index contributed by atoms with van der Waals surface area (Å²) < 4.78 is 5.20. The van der Waals surface area contributed by atoms with Crippen molar-refractivity contribution in [1.29, 1.82) is 0 Å². The van der Waals surface area contributed by atoms with Gasteiger partial charge in [0.15, 0.2) is 12.4 Å². The number of ketones is 1. The van der Waals surface area contributed by atoms with E-state index in [1.807, 2.05) is 0 Å². The van der Waals surface area contributed by atoms with Crippen LogP contribution in [0.5, 0.6) is 5.75 Å². The van der Waals surface area contributed by atoms with Gasteiger partial charge >= 0.3 is 5.97 Å². The third-order valence-corrected chi connectivity index (χ3v) is 2.99. The molecule has 1 amide bonds. The van der Waals surface area contributed by atoms with Crippen molar-refractivity contribution in [2.24, 2.45) is 5.92 Å². The van der Waals surface area contributed by atoms with Crippen molar-refractivity contribution in [3.05, 3.63) is 23.8 Å². The molecule has 2 rings (SSSR count). The van der Waals surface area contributed by atoms with Gasteiger partial charge in [-0.2, -0.15) is 0 Å². The van der Waals surface area contributed by atoms with Crippen molar-refractivity contribution in [2.45, 2.75) is 19.8 Å². The number of carboxylic acid groups (broad SMARTS) is 1. The zero-order valence-electron chi connectivity index (χ0n) is 11.0. The molecule has 0 saturated heterocycles. The highest BCUT2D eigenvalue weighted by Gasteiger charge is 2.19. The van der Waals surface area contributed by atoms with E-state index in [0.717, 1.165) is 0 Å². The summed E-state index contributed by atoms with van der Waals surface area (Å²) in [4.78, 5) is 33.9. The summed E-state index contributed by atoms with van der Waals surface area (Å²) in [7, 11) is 0. The second-order valence-corrected chi connectivity index (χ2v) is 4.88. The van der Waals surface area contributed by atoms with E-state index in [4.69, 9.17) is 9.84 Å². The van der Waals surface area contributed by atoms with E-state index in [-0.39, 0.29) is 37.1 Å². The first kappa shape index (κ1) is 14.0. The van der Waals surface area contributed by atoms with Gasteiger partial charge in [-0.3, -0.25) is 14.4 Å². The Morgan fingerprint density at radius 1 is 1.40 bits per heavy atom. The average molecular weight is 277 g/mol. The number of aliphatic carboxylic acids is 1. The Morgan fingerprint density at radius 2 is 2.15 bits per heavy atom. The Hall–Kier alpha value is -2.37. The topological polar surface area (TPSA) is 92.7 Å². The van der Waals surface area contributed by atoms with Crippen LogP contribution in [0, 0.1) is 5.92 Å². The second kappa shape index (κ2) is 5.73. The molecule has 6 heteroatoms. The number of benzene rings is 1. The van der Waals surface area contributed by atoms with Crippen LogP contribution in [0.2, 0.25) is 0 Å². The number of nitrogens with one attached hydrogen (secondary N) is 1. The standard InChI is InChI=1S/C14H15NO5/c1-8(5-14(18)19)4-11(16)9-2-3-12-10(6-9)15-13(17)7-20-12/h2-3,6,8H,4-5,7H2,1H3,(H,15,17)(H,18,19). The second-order valence-electron chi connectivity index (χ2n) is 4.88. The van der Waals surface area contributed by atoms with Crippen molar-refractivity contribution >= 4 is 23.3 Å². The molecule has 1 atom stereocenters. The highest BCUT2D eigenvalue weighted by Crippen LogP contribution is 2.29. The molecule has 0 bridgehead atoms. The minimum atomic E-state index is -0.920. The van der Waals surface area contributed by atoms with Gasteiger partial charge in [-0.05, 0) is 24.1 Å².